The van der Waals surface area contributed by atoms with E-state index in [0.29, 0.717) is 0 Å². The van der Waals surface area contributed by atoms with Crippen molar-refractivity contribution in [1.82, 2.24) is 0 Å². The minimum Gasteiger partial charge on any atom is -0.385 e. The summed E-state index contributed by atoms with van der Waals surface area (Å²) in [5.74, 6) is 0.908. The smallest absolute Gasteiger partial charge is 0.0992 e. The number of hydrogen-bond acceptors (Lipinski definition) is 2. The van der Waals surface area contributed by atoms with Gasteiger partial charge >= 0.3 is 0 Å². The van der Waals surface area contributed by atoms with Gasteiger partial charge in [-0.25, -0.2) is 0 Å². The lowest BCUT2D eigenvalue weighted by molar-refractivity contribution is 0.345. The molecule has 0 amide bonds. The van der Waals surface area contributed by atoms with E-state index >= 15 is 0 Å². The van der Waals surface area contributed by atoms with Crippen molar-refractivity contribution in [1.29, 1.82) is 5.26 Å². The highest BCUT2D eigenvalue weighted by molar-refractivity contribution is 5.55. The van der Waals surface area contributed by atoms with Gasteiger partial charge in [-0.3, -0.25) is 0 Å². The molecule has 18 heavy (non-hydrogen) atoms. The molecule has 1 aliphatic rings. The van der Waals surface area contributed by atoms with Crippen LogP contribution in [0.2, 0.25) is 0 Å². The number of hydrogen-bond donors (Lipinski definition) is 1. The van der Waals surface area contributed by atoms with Gasteiger partial charge in [0.15, 0.2) is 0 Å². The Hall–Kier alpha value is -1.49. The molecule has 2 heteroatoms. The van der Waals surface area contributed by atoms with Gasteiger partial charge in [0.05, 0.1) is 11.6 Å². The Morgan fingerprint density at radius 1 is 1.28 bits per heavy atom. The van der Waals surface area contributed by atoms with Gasteiger partial charge in [0.25, 0.3) is 0 Å². The van der Waals surface area contributed by atoms with Crippen LogP contribution in [0.4, 0.5) is 5.69 Å². The second-order valence-electron chi connectivity index (χ2n) is 5.36. The summed E-state index contributed by atoms with van der Waals surface area (Å²) < 4.78 is 0. The highest BCUT2D eigenvalue weighted by Crippen LogP contribution is 2.26. The normalized spacial score (nSPS) is 16.2. The molecule has 1 saturated carbocycles. The molecule has 96 valence electrons. The lowest BCUT2D eigenvalue weighted by atomic mass is 9.87. The fraction of sp³-hybridized carbons (Fsp3) is 0.562. The van der Waals surface area contributed by atoms with Crippen LogP contribution in [-0.4, -0.2) is 6.54 Å². The first-order valence-corrected chi connectivity index (χ1v) is 7.04. The fourth-order valence-electron chi connectivity index (χ4n) is 2.77. The molecule has 1 aromatic rings. The third-order valence-corrected chi connectivity index (χ3v) is 3.96. The summed E-state index contributed by atoms with van der Waals surface area (Å²) in [6.07, 6.45) is 8.31. The Bertz CT molecular complexity index is 425. The minimum absolute atomic E-state index is 0.737. The average molecular weight is 242 g/mol. The number of anilines is 1. The summed E-state index contributed by atoms with van der Waals surface area (Å²) in [5, 5.41) is 12.4. The van der Waals surface area contributed by atoms with Crippen molar-refractivity contribution in [3.63, 3.8) is 0 Å². The van der Waals surface area contributed by atoms with Gasteiger partial charge in [-0.05, 0) is 37.0 Å². The molecule has 0 radical (unpaired) electrons. The molecule has 1 aromatic carbocycles. The molecule has 0 unspecified atom stereocenters. The summed E-state index contributed by atoms with van der Waals surface area (Å²) >= 11 is 0. The van der Waals surface area contributed by atoms with E-state index in [-0.39, 0.29) is 0 Å². The Morgan fingerprint density at radius 2 is 2.06 bits per heavy atom. The molecule has 0 atom stereocenters. The van der Waals surface area contributed by atoms with Crippen LogP contribution in [-0.2, 0) is 0 Å². The molecule has 1 fully saturated rings. The molecule has 0 saturated heterocycles. The van der Waals surface area contributed by atoms with Gasteiger partial charge in [0, 0.05) is 12.2 Å². The van der Waals surface area contributed by atoms with Crippen molar-refractivity contribution in [2.45, 2.75) is 45.4 Å². The topological polar surface area (TPSA) is 35.8 Å². The zero-order valence-electron chi connectivity index (χ0n) is 11.2. The maximum absolute atomic E-state index is 8.90. The predicted molar refractivity (Wildman–Crippen MR) is 75.6 cm³/mol. The zero-order valence-corrected chi connectivity index (χ0v) is 11.2. The van der Waals surface area contributed by atoms with Gasteiger partial charge in [0.2, 0.25) is 0 Å². The Morgan fingerprint density at radius 3 is 2.78 bits per heavy atom. The number of nitriles is 1. The van der Waals surface area contributed by atoms with Crippen LogP contribution in [0.25, 0.3) is 0 Å². The minimum atomic E-state index is 0.737. The first kappa shape index (κ1) is 13.0. The highest BCUT2D eigenvalue weighted by Gasteiger charge is 2.12. The summed E-state index contributed by atoms with van der Waals surface area (Å²) in [7, 11) is 0. The summed E-state index contributed by atoms with van der Waals surface area (Å²) in [6, 6.07) is 8.04. The second-order valence-corrected chi connectivity index (χ2v) is 5.36. The number of nitrogens with zero attached hydrogens (tertiary/aromatic N) is 1. The van der Waals surface area contributed by atoms with E-state index < -0.39 is 0 Å². The van der Waals surface area contributed by atoms with E-state index in [9.17, 15) is 0 Å². The van der Waals surface area contributed by atoms with Crippen molar-refractivity contribution >= 4 is 5.69 Å². The Kier molecular flexibility index (Phi) is 4.64. The predicted octanol–water partition coefficient (Wildman–Crippen LogP) is 4.25. The quantitative estimate of drug-likeness (QED) is 0.856. The average Bonchev–Trinajstić information content (AvgIpc) is 2.42. The lowest BCUT2D eigenvalue weighted by Crippen LogP contribution is -2.12. The summed E-state index contributed by atoms with van der Waals surface area (Å²) in [6.45, 7) is 3.12. The zero-order chi connectivity index (χ0) is 12.8. The fourth-order valence-corrected chi connectivity index (χ4v) is 2.77. The number of nitrogens with one attached hydrogen (secondary N) is 1. The molecule has 0 heterocycles. The number of rotatable bonds is 4. The van der Waals surface area contributed by atoms with E-state index in [0.717, 1.165) is 23.7 Å². The number of benzene rings is 1. The van der Waals surface area contributed by atoms with Crippen molar-refractivity contribution in [2.24, 2.45) is 5.92 Å². The van der Waals surface area contributed by atoms with E-state index in [1.165, 1.54) is 44.1 Å². The molecule has 0 aliphatic heterocycles. The molecule has 1 aliphatic carbocycles. The molecule has 0 aromatic heterocycles. The monoisotopic (exact) mass is 242 g/mol. The first-order chi connectivity index (χ1) is 8.79. The van der Waals surface area contributed by atoms with Gasteiger partial charge < -0.3 is 5.32 Å². The van der Waals surface area contributed by atoms with E-state index in [1.807, 2.05) is 18.2 Å². The lowest BCUT2D eigenvalue weighted by Gasteiger charge is -2.22. The Balaban J connectivity index is 1.84. The summed E-state index contributed by atoms with van der Waals surface area (Å²) in [4.78, 5) is 0. The van der Waals surface area contributed by atoms with Crippen LogP contribution >= 0.6 is 0 Å². The Labute approximate surface area is 110 Å². The molecule has 0 bridgehead atoms. The third-order valence-electron chi connectivity index (χ3n) is 3.96. The molecule has 1 N–H and O–H groups in total. The molecule has 2 nitrogen and oxygen atoms in total. The van der Waals surface area contributed by atoms with Crippen LogP contribution in [0.15, 0.2) is 18.2 Å². The second kappa shape index (κ2) is 6.44. The van der Waals surface area contributed by atoms with Gasteiger partial charge in [0.1, 0.15) is 0 Å². The highest BCUT2D eigenvalue weighted by atomic mass is 14.9. The maximum Gasteiger partial charge on any atom is 0.0992 e. The number of aryl methyl sites for hydroxylation is 1. The van der Waals surface area contributed by atoms with Crippen LogP contribution in [0.1, 0.15) is 49.7 Å². The van der Waals surface area contributed by atoms with Crippen LogP contribution < -0.4 is 5.32 Å². The van der Waals surface area contributed by atoms with E-state index in [4.69, 9.17) is 5.26 Å². The molecule has 2 rings (SSSR count). The molecular formula is C16H22N2. The van der Waals surface area contributed by atoms with Crippen molar-refractivity contribution in [3.05, 3.63) is 29.3 Å². The van der Waals surface area contributed by atoms with E-state index in [1.54, 1.807) is 0 Å². The third kappa shape index (κ3) is 3.50. The van der Waals surface area contributed by atoms with Crippen LogP contribution in [0.3, 0.4) is 0 Å². The maximum atomic E-state index is 8.90. The SMILES string of the molecule is Cc1ccc(C#N)cc1NCCC1CCCCC1. The van der Waals surface area contributed by atoms with Gasteiger partial charge in [-0.1, -0.05) is 38.2 Å². The van der Waals surface area contributed by atoms with Crippen LogP contribution in [0, 0.1) is 24.2 Å². The summed E-state index contributed by atoms with van der Waals surface area (Å²) in [5.41, 5.74) is 3.07. The van der Waals surface area contributed by atoms with E-state index in [2.05, 4.69) is 18.3 Å². The van der Waals surface area contributed by atoms with Crippen molar-refractivity contribution < 1.29 is 0 Å². The van der Waals surface area contributed by atoms with Crippen LogP contribution in [0.5, 0.6) is 0 Å². The molecular weight excluding hydrogens is 220 g/mol. The van der Waals surface area contributed by atoms with Crippen molar-refractivity contribution in [3.8, 4) is 6.07 Å². The van der Waals surface area contributed by atoms with Crippen molar-refractivity contribution in [2.75, 3.05) is 11.9 Å². The largest absolute Gasteiger partial charge is 0.385 e. The molecule has 0 spiro atoms. The standard InChI is InChI=1S/C16H22N2/c1-13-7-8-15(12-17)11-16(13)18-10-9-14-5-3-2-4-6-14/h7-8,11,14,18H,2-6,9-10H2,1H3. The van der Waals surface area contributed by atoms with Gasteiger partial charge in [-0.2, -0.15) is 5.26 Å². The first-order valence-electron chi connectivity index (χ1n) is 7.04. The van der Waals surface area contributed by atoms with Gasteiger partial charge in [-0.15, -0.1) is 0 Å².